The molecule has 1 atom stereocenters. The van der Waals surface area contributed by atoms with E-state index in [4.69, 9.17) is 5.73 Å². The maximum absolute atomic E-state index is 11.9. The summed E-state index contributed by atoms with van der Waals surface area (Å²) in [4.78, 5) is 24.4. The zero-order chi connectivity index (χ0) is 14.0. The molecule has 1 aromatic rings. The van der Waals surface area contributed by atoms with Crippen molar-refractivity contribution in [3.05, 3.63) is 23.8 Å². The van der Waals surface area contributed by atoms with Crippen molar-refractivity contribution in [1.29, 1.82) is 0 Å². The van der Waals surface area contributed by atoms with Crippen LogP contribution in [-0.2, 0) is 20.7 Å². The second-order valence-corrected chi connectivity index (χ2v) is 4.50. The molecule has 1 aliphatic heterocycles. The lowest BCUT2D eigenvalue weighted by Crippen LogP contribution is -2.36. The maximum Gasteiger partial charge on any atom is 0.308 e. The monoisotopic (exact) mass is 264 g/mol. The highest BCUT2D eigenvalue weighted by Crippen LogP contribution is 2.30. The number of ether oxygens (including phenoxy) is 1. The number of nitrogens with zero attached hydrogens (tertiary/aromatic N) is 1. The third-order valence-corrected chi connectivity index (χ3v) is 3.06. The lowest BCUT2D eigenvalue weighted by molar-refractivity contribution is -0.142. The van der Waals surface area contributed by atoms with Crippen LogP contribution < -0.4 is 10.6 Å². The highest BCUT2D eigenvalue weighted by atomic mass is 16.5. The number of methoxy groups -OCH3 is 1. The van der Waals surface area contributed by atoms with Crippen LogP contribution >= 0.6 is 0 Å². The first-order chi connectivity index (χ1) is 9.01. The molecular formula is C13H16N2O4. The fourth-order valence-corrected chi connectivity index (χ4v) is 2.15. The van der Waals surface area contributed by atoms with Crippen molar-refractivity contribution in [3.8, 4) is 0 Å². The zero-order valence-electron chi connectivity index (χ0n) is 10.6. The Labute approximate surface area is 110 Å². The molecule has 0 saturated carbocycles. The van der Waals surface area contributed by atoms with E-state index in [0.717, 1.165) is 11.3 Å². The molecule has 1 heterocycles. The molecule has 1 aromatic carbocycles. The largest absolute Gasteiger partial charge is 0.469 e. The topological polar surface area (TPSA) is 92.9 Å². The quantitative estimate of drug-likeness (QED) is 0.593. The smallest absolute Gasteiger partial charge is 0.308 e. The molecule has 1 amide bonds. The first kappa shape index (κ1) is 13.4. The molecule has 3 N–H and O–H groups in total. The Kier molecular flexibility index (Phi) is 3.71. The number of carbonyl (C=O) groups excluding carboxylic acids is 2. The molecule has 0 aromatic heterocycles. The maximum atomic E-state index is 11.9. The van der Waals surface area contributed by atoms with E-state index in [1.807, 2.05) is 0 Å². The van der Waals surface area contributed by atoms with Crippen LogP contribution in [-0.4, -0.2) is 36.7 Å². The number of rotatable bonds is 4. The Hall–Kier alpha value is -2.08. The fourth-order valence-electron chi connectivity index (χ4n) is 2.15. The molecule has 2 rings (SSSR count). The molecule has 0 aliphatic carbocycles. The van der Waals surface area contributed by atoms with Crippen LogP contribution in [0.4, 0.5) is 11.4 Å². The molecule has 1 unspecified atom stereocenters. The van der Waals surface area contributed by atoms with Gasteiger partial charge in [0.1, 0.15) is 0 Å². The van der Waals surface area contributed by atoms with Crippen molar-refractivity contribution < 1.29 is 19.4 Å². The van der Waals surface area contributed by atoms with Crippen LogP contribution in [0.3, 0.4) is 0 Å². The van der Waals surface area contributed by atoms with Crippen molar-refractivity contribution in [1.82, 2.24) is 0 Å². The Morgan fingerprint density at radius 2 is 2.32 bits per heavy atom. The molecule has 0 radical (unpaired) electrons. The Balaban J connectivity index is 2.10. The van der Waals surface area contributed by atoms with E-state index in [1.165, 1.54) is 12.0 Å². The van der Waals surface area contributed by atoms with E-state index in [9.17, 15) is 14.7 Å². The van der Waals surface area contributed by atoms with Crippen LogP contribution in [0, 0.1) is 0 Å². The molecule has 1 aliphatic rings. The molecule has 0 bridgehead atoms. The Bertz CT molecular complexity index is 515. The number of nitrogens with two attached hydrogens (primary N) is 1. The van der Waals surface area contributed by atoms with Gasteiger partial charge in [-0.05, 0) is 23.8 Å². The minimum Gasteiger partial charge on any atom is -0.469 e. The number of esters is 1. The van der Waals surface area contributed by atoms with Gasteiger partial charge in [-0.15, -0.1) is 0 Å². The highest BCUT2D eigenvalue weighted by molar-refractivity contribution is 6.01. The van der Waals surface area contributed by atoms with Gasteiger partial charge >= 0.3 is 5.97 Å². The van der Waals surface area contributed by atoms with Gasteiger partial charge in [-0.3, -0.25) is 9.59 Å². The average Bonchev–Trinajstić information content (AvgIpc) is 2.64. The van der Waals surface area contributed by atoms with E-state index in [-0.39, 0.29) is 25.3 Å². The fraction of sp³-hybridized carbons (Fsp3) is 0.385. The van der Waals surface area contributed by atoms with Crippen molar-refractivity contribution in [2.45, 2.75) is 18.9 Å². The van der Waals surface area contributed by atoms with Gasteiger partial charge in [0.15, 0.2) is 0 Å². The normalized spacial score (nSPS) is 15.3. The average molecular weight is 264 g/mol. The summed E-state index contributed by atoms with van der Waals surface area (Å²) in [6.45, 7) is 0.0743. The van der Waals surface area contributed by atoms with Gasteiger partial charge in [0.25, 0.3) is 0 Å². The van der Waals surface area contributed by atoms with Crippen molar-refractivity contribution in [2.75, 3.05) is 24.3 Å². The number of amides is 1. The van der Waals surface area contributed by atoms with Crippen LogP contribution in [0.5, 0.6) is 0 Å². The summed E-state index contributed by atoms with van der Waals surface area (Å²) in [6.07, 6.45) is -0.810. The van der Waals surface area contributed by atoms with E-state index < -0.39 is 12.1 Å². The van der Waals surface area contributed by atoms with Crippen molar-refractivity contribution >= 4 is 23.3 Å². The molecule has 102 valence electrons. The Morgan fingerprint density at radius 1 is 1.58 bits per heavy atom. The van der Waals surface area contributed by atoms with Gasteiger partial charge in [-0.25, -0.2) is 0 Å². The molecule has 0 spiro atoms. The summed E-state index contributed by atoms with van der Waals surface area (Å²) in [7, 11) is 1.26. The predicted octanol–water partition coefficient (Wildman–Crippen LogP) is 0.0819. The predicted molar refractivity (Wildman–Crippen MR) is 69.6 cm³/mol. The molecule has 0 saturated heterocycles. The third kappa shape index (κ3) is 2.85. The second kappa shape index (κ2) is 5.27. The van der Waals surface area contributed by atoms with Crippen molar-refractivity contribution in [3.63, 3.8) is 0 Å². The number of β-amino-alcohol motifs (C(OH)–C–C–N with tert-alkyl or cyclic N) is 1. The summed E-state index contributed by atoms with van der Waals surface area (Å²) in [5, 5.41) is 9.79. The van der Waals surface area contributed by atoms with E-state index in [2.05, 4.69) is 4.74 Å². The van der Waals surface area contributed by atoms with Crippen molar-refractivity contribution in [2.24, 2.45) is 0 Å². The first-order valence-electron chi connectivity index (χ1n) is 5.95. The standard InChI is InChI=1S/C13H16N2O4/c1-19-13(18)6-10(16)7-15-11-3-2-9(14)4-8(11)5-12(15)17/h2-4,10,16H,5-7,14H2,1H3. The van der Waals surface area contributed by atoms with Gasteiger partial charge in [0, 0.05) is 11.4 Å². The summed E-state index contributed by atoms with van der Waals surface area (Å²) < 4.78 is 4.48. The number of benzene rings is 1. The van der Waals surface area contributed by atoms with Gasteiger partial charge < -0.3 is 20.5 Å². The zero-order valence-corrected chi connectivity index (χ0v) is 10.6. The van der Waals surface area contributed by atoms with Crippen LogP contribution in [0.25, 0.3) is 0 Å². The van der Waals surface area contributed by atoms with Crippen LogP contribution in [0.2, 0.25) is 0 Å². The van der Waals surface area contributed by atoms with E-state index >= 15 is 0 Å². The minimum atomic E-state index is -0.945. The number of hydrogen-bond donors (Lipinski definition) is 2. The van der Waals surface area contributed by atoms with Gasteiger partial charge in [-0.2, -0.15) is 0 Å². The number of aliphatic hydroxyl groups excluding tert-OH is 1. The summed E-state index contributed by atoms with van der Waals surface area (Å²) >= 11 is 0. The summed E-state index contributed by atoms with van der Waals surface area (Å²) in [5.41, 5.74) is 7.85. The lowest BCUT2D eigenvalue weighted by Gasteiger charge is -2.20. The number of fused-ring (bicyclic) bond motifs is 1. The summed E-state index contributed by atoms with van der Waals surface area (Å²) in [5.74, 6) is -0.610. The molecule has 0 fully saturated rings. The second-order valence-electron chi connectivity index (χ2n) is 4.50. The van der Waals surface area contributed by atoms with Crippen LogP contribution in [0.15, 0.2) is 18.2 Å². The Morgan fingerprint density at radius 3 is 3.00 bits per heavy atom. The number of nitrogen functional groups attached to an aromatic ring is 1. The third-order valence-electron chi connectivity index (χ3n) is 3.06. The van der Waals surface area contributed by atoms with Gasteiger partial charge in [-0.1, -0.05) is 0 Å². The van der Waals surface area contributed by atoms with Crippen LogP contribution in [0.1, 0.15) is 12.0 Å². The number of carbonyl (C=O) groups is 2. The van der Waals surface area contributed by atoms with Gasteiger partial charge in [0.2, 0.25) is 5.91 Å². The number of aliphatic hydroxyl groups is 1. The van der Waals surface area contributed by atoms with E-state index in [0.29, 0.717) is 5.69 Å². The molecule has 19 heavy (non-hydrogen) atoms. The highest BCUT2D eigenvalue weighted by Gasteiger charge is 2.29. The lowest BCUT2D eigenvalue weighted by atomic mass is 10.1. The molecular weight excluding hydrogens is 248 g/mol. The SMILES string of the molecule is COC(=O)CC(O)CN1C(=O)Cc2cc(N)ccc21. The number of anilines is 2. The number of hydrogen-bond acceptors (Lipinski definition) is 5. The van der Waals surface area contributed by atoms with E-state index in [1.54, 1.807) is 18.2 Å². The molecule has 6 heteroatoms. The first-order valence-corrected chi connectivity index (χ1v) is 5.95. The van der Waals surface area contributed by atoms with Gasteiger partial charge in [0.05, 0.1) is 32.6 Å². The minimum absolute atomic E-state index is 0.0743. The molecule has 6 nitrogen and oxygen atoms in total. The summed E-state index contributed by atoms with van der Waals surface area (Å²) in [6, 6.07) is 5.21.